The fourth-order valence-electron chi connectivity index (χ4n) is 2.74. The second kappa shape index (κ2) is 10.8. The van der Waals surface area contributed by atoms with Crippen molar-refractivity contribution >= 4 is 5.96 Å². The Bertz CT molecular complexity index is 332. The number of likely N-dealkylation sites (tertiary alicyclic amines) is 1. The predicted molar refractivity (Wildman–Crippen MR) is 98.2 cm³/mol. The van der Waals surface area contributed by atoms with E-state index in [-0.39, 0.29) is 5.54 Å². The Balaban J connectivity index is 2.17. The molecule has 0 aromatic carbocycles. The first-order chi connectivity index (χ1) is 10.9. The zero-order valence-electron chi connectivity index (χ0n) is 15.7. The topological polar surface area (TPSA) is 60.9 Å². The molecule has 0 aromatic heterocycles. The summed E-state index contributed by atoms with van der Waals surface area (Å²) < 4.78 is 5.12. The maximum absolute atomic E-state index is 5.12. The molecule has 6 nitrogen and oxygen atoms in total. The van der Waals surface area contributed by atoms with E-state index in [2.05, 4.69) is 46.6 Å². The van der Waals surface area contributed by atoms with Gasteiger partial charge in [-0.1, -0.05) is 0 Å². The summed E-state index contributed by atoms with van der Waals surface area (Å²) in [6.45, 7) is 12.7. The Hall–Kier alpha value is -0.850. The van der Waals surface area contributed by atoms with Crippen molar-refractivity contribution in [3.8, 4) is 0 Å². The highest BCUT2D eigenvalue weighted by Crippen LogP contribution is 2.10. The molecule has 0 atom stereocenters. The van der Waals surface area contributed by atoms with Crippen molar-refractivity contribution in [3.63, 3.8) is 0 Å². The van der Waals surface area contributed by atoms with Gasteiger partial charge in [0, 0.05) is 65.1 Å². The summed E-state index contributed by atoms with van der Waals surface area (Å²) in [7, 11) is 3.61. The quantitative estimate of drug-likeness (QED) is 0.353. The highest BCUT2D eigenvalue weighted by molar-refractivity contribution is 5.79. The van der Waals surface area contributed by atoms with E-state index in [1.165, 1.54) is 12.8 Å². The number of methoxy groups -OCH3 is 1. The van der Waals surface area contributed by atoms with Gasteiger partial charge in [0.25, 0.3) is 0 Å². The van der Waals surface area contributed by atoms with E-state index in [4.69, 9.17) is 4.74 Å². The standard InChI is InChI=1S/C17H37N5O/c1-17(2,3)20-10-9-19-16(18-4)21-15-7-12-22(13-8-15)11-6-14-23-5/h15,20H,6-14H2,1-5H3,(H2,18,19,21). The van der Waals surface area contributed by atoms with Crippen molar-refractivity contribution in [3.05, 3.63) is 0 Å². The number of rotatable bonds is 8. The molecule has 3 N–H and O–H groups in total. The van der Waals surface area contributed by atoms with E-state index < -0.39 is 0 Å². The number of hydrogen-bond donors (Lipinski definition) is 3. The minimum atomic E-state index is 0.161. The average Bonchev–Trinajstić information content (AvgIpc) is 2.51. The van der Waals surface area contributed by atoms with Crippen LogP contribution in [0.5, 0.6) is 0 Å². The SMILES string of the molecule is CN=C(NCCNC(C)(C)C)NC1CCN(CCCOC)CC1. The monoisotopic (exact) mass is 327 g/mol. The molecule has 0 unspecified atom stereocenters. The molecule has 1 saturated heterocycles. The summed E-state index contributed by atoms with van der Waals surface area (Å²) in [5, 5.41) is 10.4. The number of nitrogens with one attached hydrogen (secondary N) is 3. The highest BCUT2D eigenvalue weighted by atomic mass is 16.5. The number of piperidine rings is 1. The summed E-state index contributed by atoms with van der Waals surface area (Å²) >= 11 is 0. The molecule has 1 fully saturated rings. The molecule has 0 saturated carbocycles. The molecule has 0 aromatic rings. The lowest BCUT2D eigenvalue weighted by atomic mass is 10.1. The second-order valence-electron chi connectivity index (χ2n) is 7.28. The van der Waals surface area contributed by atoms with Gasteiger partial charge in [-0.15, -0.1) is 0 Å². The maximum atomic E-state index is 5.12. The van der Waals surface area contributed by atoms with Gasteiger partial charge in [0.2, 0.25) is 0 Å². The van der Waals surface area contributed by atoms with Gasteiger partial charge in [0.05, 0.1) is 0 Å². The minimum absolute atomic E-state index is 0.161. The van der Waals surface area contributed by atoms with Crippen LogP contribution in [0.25, 0.3) is 0 Å². The van der Waals surface area contributed by atoms with E-state index in [0.29, 0.717) is 6.04 Å². The maximum Gasteiger partial charge on any atom is 0.191 e. The number of hydrogen-bond acceptors (Lipinski definition) is 4. The van der Waals surface area contributed by atoms with Crippen molar-refractivity contribution in [2.75, 3.05) is 53.5 Å². The van der Waals surface area contributed by atoms with Gasteiger partial charge >= 0.3 is 0 Å². The van der Waals surface area contributed by atoms with E-state index in [9.17, 15) is 0 Å². The van der Waals surface area contributed by atoms with Crippen LogP contribution in [0.4, 0.5) is 0 Å². The van der Waals surface area contributed by atoms with Gasteiger partial charge in [-0.2, -0.15) is 0 Å². The van der Waals surface area contributed by atoms with Gasteiger partial charge in [0.1, 0.15) is 0 Å². The van der Waals surface area contributed by atoms with Crippen LogP contribution in [-0.4, -0.2) is 75.9 Å². The first-order valence-corrected chi connectivity index (χ1v) is 8.88. The first kappa shape index (κ1) is 20.2. The predicted octanol–water partition coefficient (Wildman–Crippen LogP) is 1.04. The summed E-state index contributed by atoms with van der Waals surface area (Å²) in [6, 6.07) is 0.524. The molecule has 6 heteroatoms. The van der Waals surface area contributed by atoms with E-state index in [1.807, 2.05) is 7.05 Å². The lowest BCUT2D eigenvalue weighted by Gasteiger charge is -2.33. The Labute approximate surface area is 142 Å². The third-order valence-corrected chi connectivity index (χ3v) is 4.05. The van der Waals surface area contributed by atoms with Gasteiger partial charge in [-0.25, -0.2) is 0 Å². The first-order valence-electron chi connectivity index (χ1n) is 8.88. The average molecular weight is 328 g/mol. The second-order valence-corrected chi connectivity index (χ2v) is 7.28. The van der Waals surface area contributed by atoms with Crippen LogP contribution in [0, 0.1) is 0 Å². The van der Waals surface area contributed by atoms with Crippen molar-refractivity contribution in [2.24, 2.45) is 4.99 Å². The zero-order valence-corrected chi connectivity index (χ0v) is 15.7. The lowest BCUT2D eigenvalue weighted by Crippen LogP contribution is -2.50. The Morgan fingerprint density at radius 3 is 2.48 bits per heavy atom. The highest BCUT2D eigenvalue weighted by Gasteiger charge is 2.19. The van der Waals surface area contributed by atoms with E-state index in [1.54, 1.807) is 7.11 Å². The fraction of sp³-hybridized carbons (Fsp3) is 0.941. The molecular weight excluding hydrogens is 290 g/mol. The summed E-state index contributed by atoms with van der Waals surface area (Å²) in [5.41, 5.74) is 0.161. The van der Waals surface area contributed by atoms with Crippen LogP contribution in [-0.2, 0) is 4.74 Å². The molecule has 23 heavy (non-hydrogen) atoms. The van der Waals surface area contributed by atoms with Crippen LogP contribution in [0.15, 0.2) is 4.99 Å². The molecule has 0 bridgehead atoms. The molecule has 0 radical (unpaired) electrons. The summed E-state index contributed by atoms with van der Waals surface area (Å²) in [5.74, 6) is 0.915. The Morgan fingerprint density at radius 1 is 1.22 bits per heavy atom. The number of nitrogens with zero attached hydrogens (tertiary/aromatic N) is 2. The van der Waals surface area contributed by atoms with E-state index >= 15 is 0 Å². The molecule has 0 aliphatic carbocycles. The van der Waals surface area contributed by atoms with Crippen molar-refractivity contribution in [1.29, 1.82) is 0 Å². The Kier molecular flexibility index (Phi) is 9.52. The normalized spacial score (nSPS) is 18.2. The van der Waals surface area contributed by atoms with Crippen LogP contribution in [0.2, 0.25) is 0 Å². The molecule has 1 aliphatic rings. The van der Waals surface area contributed by atoms with Crippen molar-refractivity contribution < 1.29 is 4.74 Å². The molecule has 1 heterocycles. The van der Waals surface area contributed by atoms with Gasteiger partial charge in [0.15, 0.2) is 5.96 Å². The molecule has 136 valence electrons. The molecular formula is C17H37N5O. The molecule has 0 spiro atoms. The summed E-state index contributed by atoms with van der Waals surface area (Å²) in [4.78, 5) is 6.86. The van der Waals surface area contributed by atoms with Gasteiger partial charge < -0.3 is 25.6 Å². The summed E-state index contributed by atoms with van der Waals surface area (Å²) in [6.07, 6.45) is 3.47. The van der Waals surface area contributed by atoms with Crippen LogP contribution >= 0.6 is 0 Å². The van der Waals surface area contributed by atoms with Gasteiger partial charge in [-0.3, -0.25) is 4.99 Å². The minimum Gasteiger partial charge on any atom is -0.385 e. The lowest BCUT2D eigenvalue weighted by molar-refractivity contribution is 0.155. The van der Waals surface area contributed by atoms with E-state index in [0.717, 1.165) is 51.7 Å². The van der Waals surface area contributed by atoms with Crippen molar-refractivity contribution in [1.82, 2.24) is 20.9 Å². The molecule has 1 aliphatic heterocycles. The number of ether oxygens (including phenoxy) is 1. The van der Waals surface area contributed by atoms with Crippen LogP contribution in [0.1, 0.15) is 40.0 Å². The number of aliphatic imine (C=N–C) groups is 1. The molecule has 0 amide bonds. The third-order valence-electron chi connectivity index (χ3n) is 4.05. The van der Waals surface area contributed by atoms with Gasteiger partial charge in [-0.05, 0) is 40.0 Å². The largest absolute Gasteiger partial charge is 0.385 e. The smallest absolute Gasteiger partial charge is 0.191 e. The van der Waals surface area contributed by atoms with Crippen LogP contribution < -0.4 is 16.0 Å². The number of guanidine groups is 1. The zero-order chi connectivity index (χ0) is 17.1. The molecule has 1 rings (SSSR count). The Morgan fingerprint density at radius 2 is 1.91 bits per heavy atom. The van der Waals surface area contributed by atoms with Crippen molar-refractivity contribution in [2.45, 2.75) is 51.6 Å². The fourth-order valence-corrected chi connectivity index (χ4v) is 2.74. The van der Waals surface area contributed by atoms with Crippen LogP contribution in [0.3, 0.4) is 0 Å². The third kappa shape index (κ3) is 9.79.